The molecule has 1 aromatic heterocycles. The molecule has 0 unspecified atom stereocenters. The van der Waals surface area contributed by atoms with Crippen LogP contribution in [0.15, 0.2) is 35.6 Å². The number of nitrogens with two attached hydrogens (primary N) is 1. The van der Waals surface area contributed by atoms with Gasteiger partial charge in [-0.3, -0.25) is 0 Å². The Morgan fingerprint density at radius 3 is 2.83 bits per heavy atom. The van der Waals surface area contributed by atoms with E-state index in [9.17, 15) is 0 Å². The van der Waals surface area contributed by atoms with E-state index in [1.807, 2.05) is 12.3 Å². The predicted octanol–water partition coefficient (Wildman–Crippen LogP) is 3.10. The zero-order chi connectivity index (χ0) is 13.0. The fourth-order valence-corrected chi connectivity index (χ4v) is 1.97. The maximum atomic E-state index is 6.10. The van der Waals surface area contributed by atoms with Gasteiger partial charge in [0.1, 0.15) is 17.1 Å². The van der Waals surface area contributed by atoms with E-state index < -0.39 is 0 Å². The summed E-state index contributed by atoms with van der Waals surface area (Å²) < 4.78 is 5.61. The maximum Gasteiger partial charge on any atom is 0.223 e. The molecule has 0 amide bonds. The van der Waals surface area contributed by atoms with Crippen LogP contribution in [0.5, 0.6) is 11.6 Å². The lowest BCUT2D eigenvalue weighted by molar-refractivity contribution is 0.459. The Hall–Kier alpha value is -1.30. The minimum Gasteiger partial charge on any atom is -0.437 e. The molecule has 0 spiro atoms. The summed E-state index contributed by atoms with van der Waals surface area (Å²) in [4.78, 5) is 8.11. The van der Waals surface area contributed by atoms with Gasteiger partial charge in [0, 0.05) is 12.6 Å². The molecule has 18 heavy (non-hydrogen) atoms. The quantitative estimate of drug-likeness (QED) is 0.689. The zero-order valence-corrected chi connectivity index (χ0v) is 11.3. The summed E-state index contributed by atoms with van der Waals surface area (Å²) in [6.45, 7) is 0.449. The van der Waals surface area contributed by atoms with Gasteiger partial charge in [0.25, 0.3) is 0 Å². The number of benzene rings is 1. The Balaban J connectivity index is 2.22. The van der Waals surface area contributed by atoms with Crippen LogP contribution in [0.1, 0.15) is 5.56 Å². The SMILES string of the molecule is CSc1cc(Oc2ccc(CN)cc2Cl)ncn1. The van der Waals surface area contributed by atoms with Crippen LogP contribution in [0.2, 0.25) is 5.02 Å². The highest BCUT2D eigenvalue weighted by molar-refractivity contribution is 7.98. The van der Waals surface area contributed by atoms with E-state index in [2.05, 4.69) is 9.97 Å². The third-order valence-electron chi connectivity index (χ3n) is 2.27. The van der Waals surface area contributed by atoms with Gasteiger partial charge in [-0.2, -0.15) is 0 Å². The fourth-order valence-electron chi connectivity index (χ4n) is 1.36. The van der Waals surface area contributed by atoms with Crippen molar-refractivity contribution in [1.82, 2.24) is 9.97 Å². The molecule has 0 aliphatic carbocycles. The van der Waals surface area contributed by atoms with E-state index in [4.69, 9.17) is 22.1 Å². The number of ether oxygens (including phenoxy) is 1. The molecule has 0 bridgehead atoms. The molecular formula is C12H12ClN3OS. The molecule has 4 nitrogen and oxygen atoms in total. The second kappa shape index (κ2) is 6.04. The van der Waals surface area contributed by atoms with Crippen molar-refractivity contribution in [1.29, 1.82) is 0 Å². The highest BCUT2D eigenvalue weighted by Crippen LogP contribution is 2.29. The van der Waals surface area contributed by atoms with Crippen LogP contribution < -0.4 is 10.5 Å². The standard InChI is InChI=1S/C12H12ClN3OS/c1-18-12-5-11(15-7-16-12)17-10-3-2-8(6-14)4-9(10)13/h2-5,7H,6,14H2,1H3. The van der Waals surface area contributed by atoms with Crippen LogP contribution in [0.3, 0.4) is 0 Å². The average Bonchev–Trinajstić information content (AvgIpc) is 2.41. The molecule has 0 fully saturated rings. The van der Waals surface area contributed by atoms with Gasteiger partial charge in [0.2, 0.25) is 5.88 Å². The monoisotopic (exact) mass is 281 g/mol. The van der Waals surface area contributed by atoms with E-state index in [0.29, 0.717) is 23.2 Å². The summed E-state index contributed by atoms with van der Waals surface area (Å²) in [5, 5.41) is 1.36. The average molecular weight is 282 g/mol. The summed E-state index contributed by atoms with van der Waals surface area (Å²) in [7, 11) is 0. The molecule has 0 aliphatic heterocycles. The molecule has 0 aliphatic rings. The first-order valence-electron chi connectivity index (χ1n) is 5.25. The predicted molar refractivity (Wildman–Crippen MR) is 73.2 cm³/mol. The van der Waals surface area contributed by atoms with Crippen molar-refractivity contribution in [3.05, 3.63) is 41.2 Å². The van der Waals surface area contributed by atoms with Crippen LogP contribution >= 0.6 is 23.4 Å². The lowest BCUT2D eigenvalue weighted by atomic mass is 10.2. The minimum absolute atomic E-state index is 0.449. The topological polar surface area (TPSA) is 61.0 Å². The van der Waals surface area contributed by atoms with Gasteiger partial charge in [-0.1, -0.05) is 17.7 Å². The lowest BCUT2D eigenvalue weighted by Crippen LogP contribution is -1.96. The van der Waals surface area contributed by atoms with Crippen LogP contribution in [0, 0.1) is 0 Å². The Morgan fingerprint density at radius 2 is 2.17 bits per heavy atom. The van der Waals surface area contributed by atoms with Gasteiger partial charge in [-0.25, -0.2) is 9.97 Å². The third-order valence-corrected chi connectivity index (χ3v) is 3.21. The highest BCUT2D eigenvalue weighted by atomic mass is 35.5. The second-order valence-corrected chi connectivity index (χ2v) is 4.70. The molecule has 0 saturated carbocycles. The fraction of sp³-hybridized carbons (Fsp3) is 0.167. The number of hydrogen-bond donors (Lipinski definition) is 1. The molecule has 0 radical (unpaired) electrons. The van der Waals surface area contributed by atoms with Crippen LogP contribution in [-0.4, -0.2) is 16.2 Å². The molecule has 0 saturated heterocycles. The molecule has 2 N–H and O–H groups in total. The molecular weight excluding hydrogens is 270 g/mol. The first-order chi connectivity index (χ1) is 8.72. The van der Waals surface area contributed by atoms with E-state index in [1.165, 1.54) is 18.1 Å². The lowest BCUT2D eigenvalue weighted by Gasteiger charge is -2.08. The molecule has 6 heteroatoms. The normalized spacial score (nSPS) is 10.4. The van der Waals surface area contributed by atoms with Crippen molar-refractivity contribution < 1.29 is 4.74 Å². The second-order valence-electron chi connectivity index (χ2n) is 3.47. The summed E-state index contributed by atoms with van der Waals surface area (Å²) in [6.07, 6.45) is 3.40. The van der Waals surface area contributed by atoms with Crippen molar-refractivity contribution >= 4 is 23.4 Å². The van der Waals surface area contributed by atoms with Crippen LogP contribution in [0.25, 0.3) is 0 Å². The summed E-state index contributed by atoms with van der Waals surface area (Å²) in [5.74, 6) is 1.02. The van der Waals surface area contributed by atoms with E-state index in [1.54, 1.807) is 18.2 Å². The Kier molecular flexibility index (Phi) is 4.41. The Bertz CT molecular complexity index is 551. The molecule has 94 valence electrons. The summed E-state index contributed by atoms with van der Waals surface area (Å²) in [6, 6.07) is 7.20. The van der Waals surface area contributed by atoms with E-state index >= 15 is 0 Å². The van der Waals surface area contributed by atoms with Crippen molar-refractivity contribution in [3.8, 4) is 11.6 Å². The first kappa shape index (κ1) is 13.1. The number of thioether (sulfide) groups is 1. The molecule has 0 atom stereocenters. The van der Waals surface area contributed by atoms with Gasteiger partial charge >= 0.3 is 0 Å². The van der Waals surface area contributed by atoms with Gasteiger partial charge in [0.05, 0.1) is 5.02 Å². The van der Waals surface area contributed by atoms with Gasteiger partial charge in [-0.15, -0.1) is 11.8 Å². The number of hydrogen-bond acceptors (Lipinski definition) is 5. The van der Waals surface area contributed by atoms with Gasteiger partial charge in [0.15, 0.2) is 0 Å². The minimum atomic E-state index is 0.449. The third kappa shape index (κ3) is 3.13. The highest BCUT2D eigenvalue weighted by Gasteiger charge is 2.06. The zero-order valence-electron chi connectivity index (χ0n) is 9.76. The van der Waals surface area contributed by atoms with Gasteiger partial charge in [-0.05, 0) is 24.0 Å². The summed E-state index contributed by atoms with van der Waals surface area (Å²) >= 11 is 7.63. The van der Waals surface area contributed by atoms with Gasteiger partial charge < -0.3 is 10.5 Å². The van der Waals surface area contributed by atoms with Crippen molar-refractivity contribution in [2.45, 2.75) is 11.6 Å². The van der Waals surface area contributed by atoms with E-state index in [0.717, 1.165) is 10.6 Å². The molecule has 2 rings (SSSR count). The number of aromatic nitrogens is 2. The van der Waals surface area contributed by atoms with Crippen LogP contribution in [-0.2, 0) is 6.54 Å². The van der Waals surface area contributed by atoms with Crippen molar-refractivity contribution in [3.63, 3.8) is 0 Å². The molecule has 2 aromatic rings. The van der Waals surface area contributed by atoms with Crippen molar-refractivity contribution in [2.75, 3.05) is 6.26 Å². The Morgan fingerprint density at radius 1 is 1.33 bits per heavy atom. The summed E-state index contributed by atoms with van der Waals surface area (Å²) in [5.41, 5.74) is 6.49. The van der Waals surface area contributed by atoms with Crippen LogP contribution in [0.4, 0.5) is 0 Å². The molecule has 1 heterocycles. The maximum absolute atomic E-state index is 6.10. The van der Waals surface area contributed by atoms with Crippen molar-refractivity contribution in [2.24, 2.45) is 5.73 Å². The van der Waals surface area contributed by atoms with E-state index in [-0.39, 0.29) is 0 Å². The number of nitrogens with zero attached hydrogens (tertiary/aromatic N) is 2. The smallest absolute Gasteiger partial charge is 0.223 e. The first-order valence-corrected chi connectivity index (χ1v) is 6.85. The molecule has 1 aromatic carbocycles. The largest absolute Gasteiger partial charge is 0.437 e. The number of rotatable bonds is 4. The Labute approximate surface area is 115 Å². The number of halogens is 1.